The lowest BCUT2D eigenvalue weighted by molar-refractivity contribution is -0.135. The number of amides is 1. The summed E-state index contributed by atoms with van der Waals surface area (Å²) in [4.78, 5) is 20.6. The first-order valence-corrected chi connectivity index (χ1v) is 8.34. The van der Waals surface area contributed by atoms with Crippen molar-refractivity contribution in [3.63, 3.8) is 0 Å². The molecule has 1 N–H and O–H groups in total. The number of carbonyl (C=O) groups excluding carboxylic acids is 1. The van der Waals surface area contributed by atoms with Gasteiger partial charge in [-0.3, -0.25) is 15.0 Å². The van der Waals surface area contributed by atoms with Crippen LogP contribution in [0, 0.1) is 6.92 Å². The molecule has 11 heteroatoms. The number of piperazine rings is 1. The molecule has 0 bridgehead atoms. The summed E-state index contributed by atoms with van der Waals surface area (Å²) in [5.74, 6) is -2.95. The molecular weight excluding hydrogens is 417 g/mol. The molecule has 2 aliphatic heterocycles. The van der Waals surface area contributed by atoms with Crippen molar-refractivity contribution in [3.8, 4) is 0 Å². The monoisotopic (exact) mass is 438 g/mol. The largest absolute Gasteiger partial charge is 0.339 e. The maximum Gasteiger partial charge on any atom is 0.262 e. The number of alkyl halides is 2. The fraction of sp³-hybridized carbons (Fsp3) is 0.714. The Kier molecular flexibility index (Phi) is 10.1. The van der Waals surface area contributed by atoms with E-state index in [-0.39, 0.29) is 49.5 Å². The Labute approximate surface area is 168 Å². The van der Waals surface area contributed by atoms with Gasteiger partial charge in [0.1, 0.15) is 0 Å². The lowest BCUT2D eigenvalue weighted by atomic mass is 10.1. The van der Waals surface area contributed by atoms with Gasteiger partial charge in [0, 0.05) is 44.5 Å². The molecule has 1 amide bonds. The minimum atomic E-state index is -2.76. The molecule has 3 heterocycles. The quantitative estimate of drug-likeness (QED) is 0.785. The van der Waals surface area contributed by atoms with E-state index >= 15 is 0 Å². The van der Waals surface area contributed by atoms with E-state index in [0.717, 1.165) is 30.3 Å². The molecular formula is C14H23Cl3F2N4OS. The van der Waals surface area contributed by atoms with Crippen LogP contribution in [0.2, 0.25) is 0 Å². The molecule has 0 saturated carbocycles. The Hall–Kier alpha value is -0.250. The molecule has 0 aromatic carbocycles. The SMILES string of the molecule is Cc1nc(CN2CCN(C(=O)C3CC(F)(F)CN3)CC2)cs1.Cl.Cl.Cl. The molecule has 3 rings (SSSR count). The van der Waals surface area contributed by atoms with E-state index in [9.17, 15) is 13.6 Å². The van der Waals surface area contributed by atoms with Gasteiger partial charge < -0.3 is 4.90 Å². The van der Waals surface area contributed by atoms with Crippen molar-refractivity contribution in [1.29, 1.82) is 0 Å². The van der Waals surface area contributed by atoms with E-state index in [4.69, 9.17) is 0 Å². The molecule has 2 fully saturated rings. The number of halogens is 5. The topological polar surface area (TPSA) is 48.5 Å². The van der Waals surface area contributed by atoms with Gasteiger partial charge in [0.2, 0.25) is 5.91 Å². The van der Waals surface area contributed by atoms with Crippen molar-refractivity contribution in [1.82, 2.24) is 20.1 Å². The minimum Gasteiger partial charge on any atom is -0.339 e. The number of nitrogens with zero attached hydrogens (tertiary/aromatic N) is 3. The fourth-order valence-electron chi connectivity index (χ4n) is 2.95. The Morgan fingerprint density at radius 1 is 1.32 bits per heavy atom. The van der Waals surface area contributed by atoms with E-state index < -0.39 is 18.5 Å². The zero-order valence-corrected chi connectivity index (χ0v) is 17.0. The average Bonchev–Trinajstić information content (AvgIpc) is 3.04. The molecule has 1 unspecified atom stereocenters. The Bertz CT molecular complexity index is 556. The van der Waals surface area contributed by atoms with Crippen LogP contribution in [-0.2, 0) is 11.3 Å². The Morgan fingerprint density at radius 2 is 1.96 bits per heavy atom. The lowest BCUT2D eigenvalue weighted by Crippen LogP contribution is -2.52. The molecule has 1 atom stereocenters. The normalized spacial score (nSPS) is 22.5. The van der Waals surface area contributed by atoms with Crippen LogP contribution < -0.4 is 5.32 Å². The predicted octanol–water partition coefficient (Wildman–Crippen LogP) is 2.36. The van der Waals surface area contributed by atoms with Gasteiger partial charge in [-0.25, -0.2) is 13.8 Å². The van der Waals surface area contributed by atoms with Crippen molar-refractivity contribution in [2.24, 2.45) is 0 Å². The smallest absolute Gasteiger partial charge is 0.262 e. The molecule has 1 aromatic rings. The highest BCUT2D eigenvalue weighted by molar-refractivity contribution is 7.09. The summed E-state index contributed by atoms with van der Waals surface area (Å²) < 4.78 is 26.4. The third-order valence-corrected chi connectivity index (χ3v) is 4.97. The molecule has 25 heavy (non-hydrogen) atoms. The van der Waals surface area contributed by atoms with Crippen molar-refractivity contribution >= 4 is 54.5 Å². The maximum atomic E-state index is 13.2. The summed E-state index contributed by atoms with van der Waals surface area (Å²) in [6.45, 7) is 5.06. The molecule has 2 saturated heterocycles. The van der Waals surface area contributed by atoms with Crippen molar-refractivity contribution < 1.29 is 13.6 Å². The van der Waals surface area contributed by atoms with Crippen molar-refractivity contribution in [2.45, 2.75) is 31.9 Å². The van der Waals surface area contributed by atoms with Crippen molar-refractivity contribution in [3.05, 3.63) is 16.1 Å². The number of aryl methyl sites for hydroxylation is 1. The van der Waals surface area contributed by atoms with Gasteiger partial charge in [-0.1, -0.05) is 0 Å². The number of aromatic nitrogens is 1. The molecule has 0 radical (unpaired) electrons. The van der Waals surface area contributed by atoms with Crippen LogP contribution in [0.25, 0.3) is 0 Å². The van der Waals surface area contributed by atoms with Crippen LogP contribution in [-0.4, -0.2) is 65.4 Å². The number of hydrogen-bond acceptors (Lipinski definition) is 5. The third kappa shape index (κ3) is 6.45. The standard InChI is InChI=1S/C14H20F2N4OS.3ClH/c1-10-18-11(8-22-10)7-19-2-4-20(5-3-19)13(21)12-6-14(15,16)9-17-12;;;/h8,12,17H,2-7,9H2,1H3;3*1H. The highest BCUT2D eigenvalue weighted by Crippen LogP contribution is 2.26. The molecule has 2 aliphatic rings. The fourth-order valence-corrected chi connectivity index (χ4v) is 3.55. The van der Waals surface area contributed by atoms with Crippen LogP contribution in [0.15, 0.2) is 5.38 Å². The lowest BCUT2D eigenvalue weighted by Gasteiger charge is -2.35. The van der Waals surface area contributed by atoms with Gasteiger partial charge in [-0.15, -0.1) is 48.6 Å². The number of hydrogen-bond donors (Lipinski definition) is 1. The first-order valence-electron chi connectivity index (χ1n) is 7.46. The van der Waals surface area contributed by atoms with Gasteiger partial charge in [-0.05, 0) is 6.92 Å². The minimum absolute atomic E-state index is 0. The first kappa shape index (κ1) is 24.8. The number of carbonyl (C=O) groups is 1. The predicted molar refractivity (Wildman–Crippen MR) is 102 cm³/mol. The second-order valence-electron chi connectivity index (χ2n) is 5.95. The molecule has 1 aromatic heterocycles. The van der Waals surface area contributed by atoms with Gasteiger partial charge in [0.25, 0.3) is 5.92 Å². The van der Waals surface area contributed by atoms with E-state index in [0.29, 0.717) is 13.1 Å². The highest BCUT2D eigenvalue weighted by atomic mass is 35.5. The second-order valence-corrected chi connectivity index (χ2v) is 7.02. The van der Waals surface area contributed by atoms with Gasteiger partial charge in [-0.2, -0.15) is 0 Å². The molecule has 5 nitrogen and oxygen atoms in total. The van der Waals surface area contributed by atoms with E-state index in [1.807, 2.05) is 6.92 Å². The summed E-state index contributed by atoms with van der Waals surface area (Å²) >= 11 is 1.63. The molecule has 0 aliphatic carbocycles. The molecule has 0 spiro atoms. The third-order valence-electron chi connectivity index (χ3n) is 4.14. The van der Waals surface area contributed by atoms with Gasteiger partial charge in [0.05, 0.1) is 23.3 Å². The van der Waals surface area contributed by atoms with Crippen LogP contribution in [0.4, 0.5) is 8.78 Å². The highest BCUT2D eigenvalue weighted by Gasteiger charge is 2.43. The van der Waals surface area contributed by atoms with Crippen molar-refractivity contribution in [2.75, 3.05) is 32.7 Å². The van der Waals surface area contributed by atoms with Gasteiger partial charge >= 0.3 is 0 Å². The van der Waals surface area contributed by atoms with E-state index in [2.05, 4.69) is 20.6 Å². The molecule has 146 valence electrons. The van der Waals surface area contributed by atoms with Crippen LogP contribution in [0.1, 0.15) is 17.1 Å². The van der Waals surface area contributed by atoms with E-state index in [1.54, 1.807) is 16.2 Å². The summed E-state index contributed by atoms with van der Waals surface area (Å²) in [6, 6.07) is -0.734. The maximum absolute atomic E-state index is 13.2. The first-order chi connectivity index (χ1) is 10.4. The Balaban J connectivity index is 0.00000192. The van der Waals surface area contributed by atoms with Crippen LogP contribution in [0.3, 0.4) is 0 Å². The summed E-state index contributed by atoms with van der Waals surface area (Å²) in [5, 5.41) is 5.74. The van der Waals surface area contributed by atoms with Crippen LogP contribution >= 0.6 is 48.6 Å². The number of thiazole rings is 1. The zero-order chi connectivity index (χ0) is 15.7. The summed E-state index contributed by atoms with van der Waals surface area (Å²) in [6.07, 6.45) is -0.385. The number of rotatable bonds is 3. The van der Waals surface area contributed by atoms with E-state index in [1.165, 1.54) is 0 Å². The number of nitrogens with one attached hydrogen (secondary N) is 1. The zero-order valence-electron chi connectivity index (χ0n) is 13.7. The van der Waals surface area contributed by atoms with Gasteiger partial charge in [0.15, 0.2) is 0 Å². The average molecular weight is 440 g/mol. The van der Waals surface area contributed by atoms with Crippen LogP contribution in [0.5, 0.6) is 0 Å². The summed E-state index contributed by atoms with van der Waals surface area (Å²) in [7, 11) is 0. The Morgan fingerprint density at radius 3 is 2.44 bits per heavy atom. The second kappa shape index (κ2) is 10.2. The summed E-state index contributed by atoms with van der Waals surface area (Å²) in [5.41, 5.74) is 1.05.